The lowest BCUT2D eigenvalue weighted by molar-refractivity contribution is -0.384. The monoisotopic (exact) mass is 394 g/mol. The zero-order valence-corrected chi connectivity index (χ0v) is 15.1. The molecule has 2 aromatic carbocycles. The first-order valence-electron chi connectivity index (χ1n) is 7.82. The Morgan fingerprint density at radius 3 is 2.64 bits per heavy atom. The lowest BCUT2D eigenvalue weighted by Crippen LogP contribution is -2.29. The van der Waals surface area contributed by atoms with E-state index < -0.39 is 4.92 Å². The molecule has 0 radical (unpaired) electrons. The lowest BCUT2D eigenvalue weighted by atomic mass is 9.77. The van der Waals surface area contributed by atoms with Crippen molar-refractivity contribution in [2.45, 2.75) is 18.4 Å². The Hall–Kier alpha value is -1.75. The van der Waals surface area contributed by atoms with Crippen molar-refractivity contribution in [3.05, 3.63) is 78.8 Å². The second-order valence-electron chi connectivity index (χ2n) is 6.27. The Morgan fingerprint density at radius 1 is 1.12 bits per heavy atom. The zero-order chi connectivity index (χ0) is 17.7. The van der Waals surface area contributed by atoms with E-state index in [9.17, 15) is 10.1 Å². The number of fused-ring (bicyclic) bond motifs is 3. The number of nitro groups is 1. The maximum atomic E-state index is 11.2. The third kappa shape index (κ3) is 2.69. The molecule has 2 aliphatic rings. The number of halogens is 3. The number of anilines is 1. The van der Waals surface area contributed by atoms with E-state index >= 15 is 0 Å². The molecular weight excluding hydrogens is 383 g/mol. The van der Waals surface area contributed by atoms with Crippen LogP contribution in [0.3, 0.4) is 0 Å². The van der Waals surface area contributed by atoms with E-state index in [1.807, 2.05) is 12.1 Å². The van der Waals surface area contributed by atoms with Crippen LogP contribution in [-0.2, 0) is 0 Å². The number of nitro benzene ring substituents is 1. The van der Waals surface area contributed by atoms with Crippen LogP contribution in [0.15, 0.2) is 42.5 Å². The van der Waals surface area contributed by atoms with Gasteiger partial charge >= 0.3 is 0 Å². The SMILES string of the molecule is O=[N+]([O-])c1cc([C@@H]2Nc3c(ccc(Cl)c3Cl)[C@@H]3C=CC[C@@H]32)ccc1Cl. The van der Waals surface area contributed by atoms with E-state index in [2.05, 4.69) is 17.5 Å². The van der Waals surface area contributed by atoms with E-state index in [1.54, 1.807) is 18.2 Å². The first-order chi connectivity index (χ1) is 12.0. The minimum Gasteiger partial charge on any atom is -0.376 e. The molecule has 2 aromatic rings. The van der Waals surface area contributed by atoms with Gasteiger partial charge in [0, 0.05) is 12.0 Å². The molecule has 128 valence electrons. The van der Waals surface area contributed by atoms with Gasteiger partial charge in [-0.1, -0.05) is 59.1 Å². The van der Waals surface area contributed by atoms with Crippen molar-refractivity contribution in [1.82, 2.24) is 0 Å². The van der Waals surface area contributed by atoms with Gasteiger partial charge in [0.1, 0.15) is 5.02 Å². The molecule has 0 saturated carbocycles. The number of rotatable bonds is 2. The molecular formula is C18H13Cl3N2O2. The summed E-state index contributed by atoms with van der Waals surface area (Å²) in [5.74, 6) is 0.455. The highest BCUT2D eigenvalue weighted by atomic mass is 35.5. The molecule has 4 nitrogen and oxygen atoms in total. The first kappa shape index (κ1) is 16.7. The van der Waals surface area contributed by atoms with Gasteiger partial charge in [-0.2, -0.15) is 0 Å². The summed E-state index contributed by atoms with van der Waals surface area (Å²) in [5.41, 5.74) is 2.63. The summed E-state index contributed by atoms with van der Waals surface area (Å²) >= 11 is 18.5. The minimum atomic E-state index is -0.461. The van der Waals surface area contributed by atoms with E-state index in [-0.39, 0.29) is 28.6 Å². The molecule has 0 spiro atoms. The van der Waals surface area contributed by atoms with E-state index in [4.69, 9.17) is 34.8 Å². The fourth-order valence-corrected chi connectivity index (χ4v) is 4.37. The average molecular weight is 396 g/mol. The Bertz CT molecular complexity index is 913. The van der Waals surface area contributed by atoms with Gasteiger partial charge < -0.3 is 5.32 Å². The van der Waals surface area contributed by atoms with Gasteiger partial charge in [0.05, 0.1) is 26.7 Å². The number of nitrogens with one attached hydrogen (secondary N) is 1. The molecule has 0 fully saturated rings. The van der Waals surface area contributed by atoms with Crippen molar-refractivity contribution in [3.63, 3.8) is 0 Å². The van der Waals surface area contributed by atoms with Crippen LogP contribution in [0, 0.1) is 16.0 Å². The Balaban J connectivity index is 1.83. The number of hydrogen-bond donors (Lipinski definition) is 1. The number of allylic oxidation sites excluding steroid dienone is 2. The fourth-order valence-electron chi connectivity index (χ4n) is 3.80. The highest BCUT2D eigenvalue weighted by molar-refractivity contribution is 6.43. The van der Waals surface area contributed by atoms with Crippen molar-refractivity contribution in [2.24, 2.45) is 5.92 Å². The summed E-state index contributed by atoms with van der Waals surface area (Å²) in [7, 11) is 0. The molecule has 25 heavy (non-hydrogen) atoms. The third-order valence-electron chi connectivity index (χ3n) is 4.95. The molecule has 1 N–H and O–H groups in total. The molecule has 1 aliphatic heterocycles. The summed E-state index contributed by atoms with van der Waals surface area (Å²) in [6.45, 7) is 0. The zero-order valence-electron chi connectivity index (χ0n) is 12.9. The topological polar surface area (TPSA) is 55.2 Å². The Kier molecular flexibility index (Phi) is 4.14. The maximum Gasteiger partial charge on any atom is 0.288 e. The molecule has 0 aromatic heterocycles. The average Bonchev–Trinajstić information content (AvgIpc) is 3.07. The van der Waals surface area contributed by atoms with E-state index in [0.29, 0.717) is 10.0 Å². The molecule has 4 rings (SSSR count). The molecule has 1 heterocycles. The molecule has 3 atom stereocenters. The fraction of sp³-hybridized carbons (Fsp3) is 0.222. The van der Waals surface area contributed by atoms with Crippen molar-refractivity contribution < 1.29 is 4.92 Å². The highest BCUT2D eigenvalue weighted by Crippen LogP contribution is 2.52. The van der Waals surface area contributed by atoms with Crippen LogP contribution in [0.1, 0.15) is 29.5 Å². The standard InChI is InChI=1S/C18H13Cl3N2O2/c19-13-6-4-9(8-15(13)23(24)25)17-11-3-1-2-10(11)12-5-7-14(20)16(21)18(12)22-17/h1-2,4-8,10-11,17,22H,3H2/t10-,11+,17+/m1/s1. The predicted molar refractivity (Wildman–Crippen MR) is 101 cm³/mol. The van der Waals surface area contributed by atoms with Crippen molar-refractivity contribution >= 4 is 46.2 Å². The van der Waals surface area contributed by atoms with Crippen molar-refractivity contribution in [1.29, 1.82) is 0 Å². The van der Waals surface area contributed by atoms with Crippen LogP contribution in [0.25, 0.3) is 0 Å². The molecule has 7 heteroatoms. The first-order valence-corrected chi connectivity index (χ1v) is 8.95. The number of hydrogen-bond acceptors (Lipinski definition) is 3. The maximum absolute atomic E-state index is 11.2. The van der Waals surface area contributed by atoms with Gasteiger partial charge in [0.2, 0.25) is 0 Å². The van der Waals surface area contributed by atoms with Gasteiger partial charge in [-0.25, -0.2) is 0 Å². The van der Waals surface area contributed by atoms with Crippen LogP contribution < -0.4 is 5.32 Å². The van der Waals surface area contributed by atoms with Crippen LogP contribution in [0.4, 0.5) is 11.4 Å². The van der Waals surface area contributed by atoms with Gasteiger partial charge in [0.15, 0.2) is 0 Å². The van der Waals surface area contributed by atoms with Crippen LogP contribution in [-0.4, -0.2) is 4.92 Å². The van der Waals surface area contributed by atoms with Crippen molar-refractivity contribution in [2.75, 3.05) is 5.32 Å². The van der Waals surface area contributed by atoms with E-state index in [1.165, 1.54) is 0 Å². The molecule has 0 amide bonds. The van der Waals surface area contributed by atoms with E-state index in [0.717, 1.165) is 23.2 Å². The summed E-state index contributed by atoms with van der Waals surface area (Å²) in [4.78, 5) is 10.8. The summed E-state index contributed by atoms with van der Waals surface area (Å²) in [5, 5.41) is 15.8. The van der Waals surface area contributed by atoms with Crippen molar-refractivity contribution in [3.8, 4) is 0 Å². The molecule has 1 aliphatic carbocycles. The molecule has 0 saturated heterocycles. The van der Waals surface area contributed by atoms with Gasteiger partial charge in [-0.05, 0) is 35.6 Å². The minimum absolute atomic E-state index is 0.0912. The Morgan fingerprint density at radius 2 is 1.88 bits per heavy atom. The molecule has 0 bridgehead atoms. The smallest absolute Gasteiger partial charge is 0.288 e. The third-order valence-corrected chi connectivity index (χ3v) is 6.08. The highest BCUT2D eigenvalue weighted by Gasteiger charge is 2.39. The number of benzene rings is 2. The van der Waals surface area contributed by atoms with Crippen LogP contribution in [0.5, 0.6) is 0 Å². The predicted octanol–water partition coefficient (Wildman–Crippen LogP) is 6.38. The normalized spacial score (nSPS) is 23.7. The molecule has 0 unspecified atom stereocenters. The summed E-state index contributed by atoms with van der Waals surface area (Å²) in [6, 6.07) is 8.62. The summed E-state index contributed by atoms with van der Waals surface area (Å²) < 4.78 is 0. The van der Waals surface area contributed by atoms with Gasteiger partial charge in [0.25, 0.3) is 5.69 Å². The van der Waals surface area contributed by atoms with Gasteiger partial charge in [-0.3, -0.25) is 10.1 Å². The quantitative estimate of drug-likeness (QED) is 0.364. The lowest BCUT2D eigenvalue weighted by Gasteiger charge is -2.38. The largest absolute Gasteiger partial charge is 0.376 e. The van der Waals surface area contributed by atoms with Crippen LogP contribution in [0.2, 0.25) is 15.1 Å². The Labute approximate surface area is 159 Å². The second-order valence-corrected chi connectivity index (χ2v) is 7.46. The van der Waals surface area contributed by atoms with Gasteiger partial charge in [-0.15, -0.1) is 0 Å². The number of nitrogens with zero attached hydrogens (tertiary/aromatic N) is 1. The van der Waals surface area contributed by atoms with Crippen LogP contribution >= 0.6 is 34.8 Å². The summed E-state index contributed by atoms with van der Waals surface area (Å²) in [6.07, 6.45) is 5.20. The second kappa shape index (κ2) is 6.20.